The first-order valence-corrected chi connectivity index (χ1v) is 10.6. The molecule has 3 aromatic carbocycles. The Labute approximate surface area is 193 Å². The molecule has 0 aromatic heterocycles. The van der Waals surface area contributed by atoms with Crippen LogP contribution in [0.3, 0.4) is 0 Å². The van der Waals surface area contributed by atoms with Crippen molar-refractivity contribution in [3.8, 4) is 22.9 Å². The molecule has 3 aromatic rings. The summed E-state index contributed by atoms with van der Waals surface area (Å²) in [5, 5.41) is 19.5. The predicted molar refractivity (Wildman–Crippen MR) is 122 cm³/mol. The molecule has 0 fully saturated rings. The second-order valence-corrected chi connectivity index (χ2v) is 7.69. The van der Waals surface area contributed by atoms with Gasteiger partial charge in [0.25, 0.3) is 11.6 Å². The number of hydrogen-bond acceptors (Lipinski definition) is 7. The summed E-state index contributed by atoms with van der Waals surface area (Å²) in [6, 6.07) is 22.2. The number of nitrogens with one attached hydrogen (secondary N) is 2. The number of benzene rings is 3. The van der Waals surface area contributed by atoms with Crippen LogP contribution in [0.4, 0.5) is 5.69 Å². The summed E-state index contributed by atoms with van der Waals surface area (Å²) in [6.45, 7) is -0.286. The molecule has 0 aliphatic rings. The monoisotopic (exact) mass is 462 g/mol. The molecule has 9 nitrogen and oxygen atoms in total. The maximum absolute atomic E-state index is 11.9. The van der Waals surface area contributed by atoms with Crippen molar-refractivity contribution >= 4 is 29.3 Å². The fourth-order valence-corrected chi connectivity index (χ4v) is 3.35. The number of carbonyl (C=O) groups is 2. The van der Waals surface area contributed by atoms with Crippen LogP contribution in [0.5, 0.6) is 5.75 Å². The Kier molecular flexibility index (Phi) is 7.99. The third kappa shape index (κ3) is 7.09. The SMILES string of the molecule is N#Cc1ccc(-c2ccc(OCC(=O)NNC(=O)CSc3ccc([N+](=O)[O-])cc3)cc2)cc1. The number of carbonyl (C=O) groups excluding carboxylic acids is 2. The second kappa shape index (κ2) is 11.3. The summed E-state index contributed by atoms with van der Waals surface area (Å²) in [4.78, 5) is 34.6. The normalized spacial score (nSPS) is 10.0. The van der Waals surface area contributed by atoms with Gasteiger partial charge in [-0.1, -0.05) is 24.3 Å². The number of nitro groups is 1. The average molecular weight is 462 g/mol. The van der Waals surface area contributed by atoms with E-state index in [2.05, 4.69) is 16.9 Å². The Balaban J connectivity index is 1.38. The lowest BCUT2D eigenvalue weighted by Crippen LogP contribution is -2.44. The van der Waals surface area contributed by atoms with Gasteiger partial charge in [-0.2, -0.15) is 5.26 Å². The minimum atomic E-state index is -0.528. The highest BCUT2D eigenvalue weighted by molar-refractivity contribution is 8.00. The lowest BCUT2D eigenvalue weighted by molar-refractivity contribution is -0.384. The van der Waals surface area contributed by atoms with Crippen LogP contribution in [0.2, 0.25) is 0 Å². The van der Waals surface area contributed by atoms with Gasteiger partial charge < -0.3 is 4.74 Å². The maximum atomic E-state index is 11.9. The van der Waals surface area contributed by atoms with E-state index >= 15 is 0 Å². The van der Waals surface area contributed by atoms with Crippen molar-refractivity contribution in [2.75, 3.05) is 12.4 Å². The maximum Gasteiger partial charge on any atom is 0.276 e. The van der Waals surface area contributed by atoms with Gasteiger partial charge in [-0.3, -0.25) is 30.6 Å². The Morgan fingerprint density at radius 1 is 0.909 bits per heavy atom. The molecule has 2 amide bonds. The van der Waals surface area contributed by atoms with Crippen molar-refractivity contribution in [2.45, 2.75) is 4.90 Å². The minimum Gasteiger partial charge on any atom is -0.484 e. The van der Waals surface area contributed by atoms with Crippen LogP contribution < -0.4 is 15.6 Å². The van der Waals surface area contributed by atoms with E-state index in [1.807, 2.05) is 24.3 Å². The van der Waals surface area contributed by atoms with Crippen molar-refractivity contribution in [3.05, 3.63) is 88.5 Å². The highest BCUT2D eigenvalue weighted by Gasteiger charge is 2.09. The van der Waals surface area contributed by atoms with Gasteiger partial charge in [-0.15, -0.1) is 11.8 Å². The van der Waals surface area contributed by atoms with E-state index in [1.165, 1.54) is 23.9 Å². The summed E-state index contributed by atoms with van der Waals surface area (Å²) in [5.74, 6) is -0.448. The van der Waals surface area contributed by atoms with Crippen LogP contribution in [0, 0.1) is 21.4 Å². The standard InChI is InChI=1S/C23H18N4O5S/c24-13-16-1-3-17(4-2-16)18-5-9-20(10-6-18)32-14-22(28)25-26-23(29)15-33-21-11-7-19(8-12-21)27(30)31/h1-12H,14-15H2,(H,25,28)(H,26,29). The van der Waals surface area contributed by atoms with Gasteiger partial charge in [0.2, 0.25) is 5.91 Å². The molecule has 0 saturated heterocycles. The molecule has 0 unspecified atom stereocenters. The van der Waals surface area contributed by atoms with Crippen molar-refractivity contribution in [2.24, 2.45) is 0 Å². The van der Waals surface area contributed by atoms with Crippen molar-refractivity contribution in [1.29, 1.82) is 5.26 Å². The third-order valence-corrected chi connectivity index (χ3v) is 5.34. The average Bonchev–Trinajstić information content (AvgIpc) is 2.85. The molecule has 0 bridgehead atoms. The number of non-ortho nitro benzene ring substituents is 1. The lowest BCUT2D eigenvalue weighted by atomic mass is 10.0. The van der Waals surface area contributed by atoms with Crippen molar-refractivity contribution in [1.82, 2.24) is 10.9 Å². The van der Waals surface area contributed by atoms with Crippen molar-refractivity contribution < 1.29 is 19.2 Å². The van der Waals surface area contributed by atoms with E-state index in [0.29, 0.717) is 16.2 Å². The van der Waals surface area contributed by atoms with Crippen LogP contribution in [-0.2, 0) is 9.59 Å². The van der Waals surface area contributed by atoms with Gasteiger partial charge >= 0.3 is 0 Å². The van der Waals surface area contributed by atoms with E-state index in [-0.39, 0.29) is 18.0 Å². The van der Waals surface area contributed by atoms with Crippen LogP contribution in [-0.4, -0.2) is 29.1 Å². The quantitative estimate of drug-likeness (QED) is 0.297. The highest BCUT2D eigenvalue weighted by Crippen LogP contribution is 2.23. The van der Waals surface area contributed by atoms with Crippen molar-refractivity contribution in [3.63, 3.8) is 0 Å². The fourth-order valence-electron chi connectivity index (χ4n) is 2.65. The number of amides is 2. The van der Waals surface area contributed by atoms with Gasteiger partial charge in [0.15, 0.2) is 6.61 Å². The number of ether oxygens (including phenoxy) is 1. The molecule has 166 valence electrons. The molecule has 0 heterocycles. The van der Waals surface area contributed by atoms with Crippen LogP contribution in [0.1, 0.15) is 5.56 Å². The first-order chi connectivity index (χ1) is 15.9. The Bertz CT molecular complexity index is 1170. The highest BCUT2D eigenvalue weighted by atomic mass is 32.2. The molecule has 0 radical (unpaired) electrons. The summed E-state index contributed by atoms with van der Waals surface area (Å²) < 4.78 is 5.42. The molecule has 0 aliphatic carbocycles. The van der Waals surface area contributed by atoms with Crippen LogP contribution >= 0.6 is 11.8 Å². The molecule has 10 heteroatoms. The zero-order chi connectivity index (χ0) is 23.6. The number of nitro benzene ring substituents is 1. The summed E-state index contributed by atoms with van der Waals surface area (Å²) in [5.41, 5.74) is 7.00. The summed E-state index contributed by atoms with van der Waals surface area (Å²) in [7, 11) is 0. The molecule has 0 aliphatic heterocycles. The van der Waals surface area contributed by atoms with Gasteiger partial charge in [0.05, 0.1) is 22.3 Å². The van der Waals surface area contributed by atoms with Gasteiger partial charge in [0, 0.05) is 17.0 Å². The number of hydrogen-bond donors (Lipinski definition) is 2. The lowest BCUT2D eigenvalue weighted by Gasteiger charge is -2.09. The van der Waals surface area contributed by atoms with Crippen LogP contribution in [0.15, 0.2) is 77.7 Å². The van der Waals surface area contributed by atoms with E-state index < -0.39 is 16.7 Å². The first kappa shape index (κ1) is 23.3. The van der Waals surface area contributed by atoms with E-state index in [1.54, 1.807) is 36.4 Å². The third-order valence-electron chi connectivity index (χ3n) is 4.33. The summed E-state index contributed by atoms with van der Waals surface area (Å²) >= 11 is 1.18. The molecule has 0 atom stereocenters. The van der Waals surface area contributed by atoms with E-state index in [9.17, 15) is 19.7 Å². The summed E-state index contributed by atoms with van der Waals surface area (Å²) in [6.07, 6.45) is 0. The molecule has 0 saturated carbocycles. The predicted octanol–water partition coefficient (Wildman–Crippen LogP) is 3.45. The zero-order valence-corrected chi connectivity index (χ0v) is 18.0. The smallest absolute Gasteiger partial charge is 0.276 e. The molecule has 0 spiro atoms. The Morgan fingerprint density at radius 2 is 1.48 bits per heavy atom. The van der Waals surface area contributed by atoms with E-state index in [4.69, 9.17) is 10.00 Å². The largest absolute Gasteiger partial charge is 0.484 e. The number of nitriles is 1. The number of nitrogens with zero attached hydrogens (tertiary/aromatic N) is 2. The molecular weight excluding hydrogens is 444 g/mol. The zero-order valence-electron chi connectivity index (χ0n) is 17.2. The minimum absolute atomic E-state index is 0.0236. The van der Waals surface area contributed by atoms with E-state index in [0.717, 1.165) is 11.1 Å². The number of rotatable bonds is 8. The molecule has 33 heavy (non-hydrogen) atoms. The Hall–Kier alpha value is -4.36. The Morgan fingerprint density at radius 3 is 2.06 bits per heavy atom. The fraction of sp³-hybridized carbons (Fsp3) is 0.0870. The number of hydrazine groups is 1. The molecule has 2 N–H and O–H groups in total. The first-order valence-electron chi connectivity index (χ1n) is 9.63. The van der Waals surface area contributed by atoms with Crippen LogP contribution in [0.25, 0.3) is 11.1 Å². The van der Waals surface area contributed by atoms with Gasteiger partial charge in [-0.05, 0) is 47.5 Å². The topological polar surface area (TPSA) is 134 Å². The second-order valence-electron chi connectivity index (χ2n) is 6.64. The molecule has 3 rings (SSSR count). The number of thioether (sulfide) groups is 1. The molecular formula is C23H18N4O5S. The van der Waals surface area contributed by atoms with Gasteiger partial charge in [-0.25, -0.2) is 0 Å². The van der Waals surface area contributed by atoms with Gasteiger partial charge in [0.1, 0.15) is 5.75 Å².